The van der Waals surface area contributed by atoms with Crippen molar-refractivity contribution in [2.45, 2.75) is 17.9 Å². The standard InChI is InChI=1S/C18H20ClFN2O2S/c1-14(15-5-3-2-4-6-15)21-9-11-22(12-10-21)25(23,24)16-7-8-18(20)17(19)13-16/h2-8,13-14H,9-12H2,1H3/p+1/t14-/m0/s1. The Hall–Kier alpha value is -1.47. The van der Waals surface area contributed by atoms with Gasteiger partial charge in [-0.25, -0.2) is 12.8 Å². The highest BCUT2D eigenvalue weighted by atomic mass is 35.5. The van der Waals surface area contributed by atoms with Crippen molar-refractivity contribution in [2.75, 3.05) is 26.2 Å². The van der Waals surface area contributed by atoms with Gasteiger partial charge in [-0.3, -0.25) is 0 Å². The van der Waals surface area contributed by atoms with Gasteiger partial charge >= 0.3 is 0 Å². The number of sulfonamides is 1. The molecule has 0 unspecified atom stereocenters. The third-order valence-corrected chi connectivity index (χ3v) is 6.99. The molecule has 1 atom stereocenters. The van der Waals surface area contributed by atoms with E-state index in [2.05, 4.69) is 19.1 Å². The molecule has 7 heteroatoms. The van der Waals surface area contributed by atoms with E-state index >= 15 is 0 Å². The molecule has 0 radical (unpaired) electrons. The highest BCUT2D eigenvalue weighted by molar-refractivity contribution is 7.89. The largest absolute Gasteiger partial charge is 0.327 e. The van der Waals surface area contributed by atoms with Crippen LogP contribution in [-0.4, -0.2) is 38.9 Å². The molecule has 1 aliphatic heterocycles. The van der Waals surface area contributed by atoms with E-state index in [1.54, 1.807) is 0 Å². The summed E-state index contributed by atoms with van der Waals surface area (Å²) >= 11 is 5.73. The van der Waals surface area contributed by atoms with Gasteiger partial charge < -0.3 is 4.90 Å². The monoisotopic (exact) mass is 383 g/mol. The maximum Gasteiger partial charge on any atom is 0.243 e. The van der Waals surface area contributed by atoms with Gasteiger partial charge in [0.2, 0.25) is 10.0 Å². The van der Waals surface area contributed by atoms with Crippen LogP contribution in [0.25, 0.3) is 0 Å². The number of rotatable bonds is 4. The lowest BCUT2D eigenvalue weighted by molar-refractivity contribution is -0.933. The fraction of sp³-hybridized carbons (Fsp3) is 0.333. The molecule has 25 heavy (non-hydrogen) atoms. The molecule has 1 N–H and O–H groups in total. The van der Waals surface area contributed by atoms with E-state index in [-0.39, 0.29) is 9.92 Å². The van der Waals surface area contributed by atoms with Gasteiger partial charge in [0, 0.05) is 5.56 Å². The van der Waals surface area contributed by atoms with E-state index in [0.717, 1.165) is 19.2 Å². The molecule has 0 amide bonds. The molecule has 134 valence electrons. The van der Waals surface area contributed by atoms with Gasteiger partial charge in [0.15, 0.2) is 0 Å². The predicted octanol–water partition coefficient (Wildman–Crippen LogP) is 2.13. The van der Waals surface area contributed by atoms with Crippen molar-refractivity contribution < 1.29 is 17.7 Å². The van der Waals surface area contributed by atoms with Gasteiger partial charge in [0.25, 0.3) is 0 Å². The van der Waals surface area contributed by atoms with Crippen molar-refractivity contribution in [1.82, 2.24) is 4.31 Å². The highest BCUT2D eigenvalue weighted by Gasteiger charge is 2.32. The SMILES string of the molecule is C[C@@H](c1ccccc1)[NH+]1CCN(S(=O)(=O)c2ccc(F)c(Cl)c2)CC1. The Bertz CT molecular complexity index is 837. The zero-order chi connectivity index (χ0) is 18.0. The van der Waals surface area contributed by atoms with E-state index in [0.29, 0.717) is 19.1 Å². The molecule has 1 saturated heterocycles. The number of piperazine rings is 1. The predicted molar refractivity (Wildman–Crippen MR) is 95.7 cm³/mol. The molecule has 0 bridgehead atoms. The summed E-state index contributed by atoms with van der Waals surface area (Å²) in [5.41, 5.74) is 1.25. The second-order valence-corrected chi connectivity index (χ2v) is 8.62. The molecule has 1 fully saturated rings. The van der Waals surface area contributed by atoms with E-state index in [4.69, 9.17) is 11.6 Å². The third kappa shape index (κ3) is 3.87. The summed E-state index contributed by atoms with van der Waals surface area (Å²) in [6.45, 7) is 4.48. The minimum absolute atomic E-state index is 0.0402. The first-order chi connectivity index (χ1) is 11.9. The average Bonchev–Trinajstić information content (AvgIpc) is 2.64. The van der Waals surface area contributed by atoms with Crippen molar-refractivity contribution >= 4 is 21.6 Å². The van der Waals surface area contributed by atoms with Crippen LogP contribution < -0.4 is 4.90 Å². The first kappa shape index (κ1) is 18.3. The molecule has 1 aliphatic rings. The lowest BCUT2D eigenvalue weighted by atomic mass is 10.1. The van der Waals surface area contributed by atoms with Gasteiger partial charge in [-0.1, -0.05) is 41.9 Å². The Kier molecular flexibility index (Phi) is 5.43. The van der Waals surface area contributed by atoms with Crippen LogP contribution in [0.4, 0.5) is 4.39 Å². The quantitative estimate of drug-likeness (QED) is 0.878. The van der Waals surface area contributed by atoms with E-state index in [9.17, 15) is 12.8 Å². The van der Waals surface area contributed by atoms with Gasteiger partial charge in [0.1, 0.15) is 11.9 Å². The maximum absolute atomic E-state index is 13.3. The van der Waals surface area contributed by atoms with E-state index < -0.39 is 15.8 Å². The second kappa shape index (κ2) is 7.41. The summed E-state index contributed by atoms with van der Waals surface area (Å²) in [7, 11) is -3.65. The summed E-state index contributed by atoms with van der Waals surface area (Å²) < 4.78 is 40.2. The number of nitrogens with one attached hydrogen (secondary N) is 1. The summed E-state index contributed by atoms with van der Waals surface area (Å²) in [5, 5.41) is -0.178. The molecule has 0 aromatic heterocycles. The lowest BCUT2D eigenvalue weighted by Gasteiger charge is -2.35. The second-order valence-electron chi connectivity index (χ2n) is 6.27. The van der Waals surface area contributed by atoms with Gasteiger partial charge in [-0.2, -0.15) is 4.31 Å². The number of benzene rings is 2. The molecule has 0 aliphatic carbocycles. The van der Waals surface area contributed by atoms with E-state index in [1.165, 1.54) is 26.9 Å². The third-order valence-electron chi connectivity index (χ3n) is 4.81. The summed E-state index contributed by atoms with van der Waals surface area (Å²) in [6, 6.07) is 14.1. The molecule has 0 saturated carbocycles. The Labute approximate surface area is 152 Å². The number of halogens is 2. The van der Waals surface area contributed by atoms with Crippen molar-refractivity contribution in [3.05, 3.63) is 64.9 Å². The van der Waals surface area contributed by atoms with Gasteiger partial charge in [-0.15, -0.1) is 0 Å². The van der Waals surface area contributed by atoms with Crippen LogP contribution >= 0.6 is 11.6 Å². The van der Waals surface area contributed by atoms with Crippen LogP contribution in [0.15, 0.2) is 53.4 Å². The van der Waals surface area contributed by atoms with Gasteiger partial charge in [-0.05, 0) is 25.1 Å². The van der Waals surface area contributed by atoms with Crippen LogP contribution in [0.2, 0.25) is 5.02 Å². The first-order valence-corrected chi connectivity index (χ1v) is 10.1. The minimum atomic E-state index is -3.65. The molecule has 4 nitrogen and oxygen atoms in total. The Morgan fingerprint density at radius 3 is 2.36 bits per heavy atom. The van der Waals surface area contributed by atoms with Crippen molar-refractivity contribution in [3.8, 4) is 0 Å². The molecule has 3 rings (SSSR count). The minimum Gasteiger partial charge on any atom is -0.327 e. The number of hydrogen-bond donors (Lipinski definition) is 1. The molecule has 2 aromatic carbocycles. The van der Waals surface area contributed by atoms with E-state index in [1.807, 2.05) is 18.2 Å². The summed E-state index contributed by atoms with van der Waals surface area (Å²) in [5.74, 6) is -0.619. The van der Waals surface area contributed by atoms with Crippen molar-refractivity contribution in [1.29, 1.82) is 0 Å². The van der Waals surface area contributed by atoms with Crippen LogP contribution in [-0.2, 0) is 10.0 Å². The summed E-state index contributed by atoms with van der Waals surface area (Å²) in [6.07, 6.45) is 0. The fourth-order valence-corrected chi connectivity index (χ4v) is 4.92. The van der Waals surface area contributed by atoms with Crippen molar-refractivity contribution in [2.24, 2.45) is 0 Å². The molecule has 1 heterocycles. The Balaban J connectivity index is 1.70. The average molecular weight is 384 g/mol. The normalized spacial score (nSPS) is 18.2. The fourth-order valence-electron chi connectivity index (χ4n) is 3.21. The number of quaternary nitrogens is 1. The lowest BCUT2D eigenvalue weighted by Crippen LogP contribution is -3.14. The molecule has 2 aromatic rings. The topological polar surface area (TPSA) is 41.8 Å². The molecular weight excluding hydrogens is 363 g/mol. The zero-order valence-electron chi connectivity index (χ0n) is 14.0. The van der Waals surface area contributed by atoms with Crippen LogP contribution in [0.1, 0.15) is 18.5 Å². The number of hydrogen-bond acceptors (Lipinski definition) is 2. The Morgan fingerprint density at radius 2 is 1.76 bits per heavy atom. The maximum atomic E-state index is 13.3. The molecule has 0 spiro atoms. The molecular formula is C18H21ClFN2O2S+. The van der Waals surface area contributed by atoms with Crippen LogP contribution in [0.5, 0.6) is 0 Å². The van der Waals surface area contributed by atoms with Crippen LogP contribution in [0.3, 0.4) is 0 Å². The van der Waals surface area contributed by atoms with Gasteiger partial charge in [0.05, 0.1) is 36.1 Å². The van der Waals surface area contributed by atoms with Crippen molar-refractivity contribution in [3.63, 3.8) is 0 Å². The number of nitrogens with zero attached hydrogens (tertiary/aromatic N) is 1. The first-order valence-electron chi connectivity index (χ1n) is 8.24. The van der Waals surface area contributed by atoms with Crippen LogP contribution in [0, 0.1) is 5.82 Å². The smallest absolute Gasteiger partial charge is 0.243 e. The zero-order valence-corrected chi connectivity index (χ0v) is 15.5. The Morgan fingerprint density at radius 1 is 1.12 bits per heavy atom. The highest BCUT2D eigenvalue weighted by Crippen LogP contribution is 2.22. The summed E-state index contributed by atoms with van der Waals surface area (Å²) in [4.78, 5) is 1.40.